The highest BCUT2D eigenvalue weighted by molar-refractivity contribution is 6.33. The Labute approximate surface area is 159 Å². The maximum atomic E-state index is 6.38. The minimum absolute atomic E-state index is 0.829. The van der Waals surface area contributed by atoms with Crippen LogP contribution >= 0.6 is 11.6 Å². The van der Waals surface area contributed by atoms with Crippen molar-refractivity contribution >= 4 is 34.3 Å². The SMILES string of the molecule is Clc1ccccc1N1CCN(c2nc3ccccc3n2CC2CC2)CC1. The maximum Gasteiger partial charge on any atom is 0.206 e. The number of para-hydroxylation sites is 3. The summed E-state index contributed by atoms with van der Waals surface area (Å²) < 4.78 is 2.44. The van der Waals surface area contributed by atoms with E-state index in [1.54, 1.807) is 0 Å². The van der Waals surface area contributed by atoms with Crippen molar-refractivity contribution in [1.29, 1.82) is 0 Å². The van der Waals surface area contributed by atoms with E-state index in [1.807, 2.05) is 12.1 Å². The Hall–Kier alpha value is -2.20. The van der Waals surface area contributed by atoms with E-state index in [0.717, 1.165) is 60.8 Å². The fourth-order valence-electron chi connectivity index (χ4n) is 3.90. The largest absolute Gasteiger partial charge is 0.367 e. The van der Waals surface area contributed by atoms with Crippen molar-refractivity contribution in [2.75, 3.05) is 36.0 Å². The van der Waals surface area contributed by atoms with Gasteiger partial charge in [0.25, 0.3) is 0 Å². The highest BCUT2D eigenvalue weighted by Crippen LogP contribution is 2.34. The molecule has 1 saturated carbocycles. The van der Waals surface area contributed by atoms with Gasteiger partial charge < -0.3 is 14.4 Å². The highest BCUT2D eigenvalue weighted by atomic mass is 35.5. The Balaban J connectivity index is 1.40. The lowest BCUT2D eigenvalue weighted by Gasteiger charge is -2.37. The van der Waals surface area contributed by atoms with Gasteiger partial charge >= 0.3 is 0 Å². The van der Waals surface area contributed by atoms with E-state index in [1.165, 1.54) is 18.4 Å². The van der Waals surface area contributed by atoms with Crippen LogP contribution in [0.5, 0.6) is 0 Å². The summed E-state index contributed by atoms with van der Waals surface area (Å²) in [6.07, 6.45) is 2.71. The zero-order chi connectivity index (χ0) is 17.5. The van der Waals surface area contributed by atoms with Gasteiger partial charge in [-0.25, -0.2) is 4.98 Å². The molecule has 0 unspecified atom stereocenters. The molecule has 26 heavy (non-hydrogen) atoms. The van der Waals surface area contributed by atoms with Crippen molar-refractivity contribution in [3.63, 3.8) is 0 Å². The van der Waals surface area contributed by atoms with Crippen LogP contribution in [0.15, 0.2) is 48.5 Å². The number of nitrogens with zero attached hydrogens (tertiary/aromatic N) is 4. The van der Waals surface area contributed by atoms with Crippen LogP contribution in [0.3, 0.4) is 0 Å². The monoisotopic (exact) mass is 366 g/mol. The van der Waals surface area contributed by atoms with Crippen LogP contribution in [0.25, 0.3) is 11.0 Å². The van der Waals surface area contributed by atoms with Gasteiger partial charge in [-0.15, -0.1) is 0 Å². The van der Waals surface area contributed by atoms with Crippen molar-refractivity contribution < 1.29 is 0 Å². The normalized spacial score (nSPS) is 17.9. The molecule has 3 aromatic rings. The summed E-state index contributed by atoms with van der Waals surface area (Å²) >= 11 is 6.38. The summed E-state index contributed by atoms with van der Waals surface area (Å²) in [7, 11) is 0. The summed E-state index contributed by atoms with van der Waals surface area (Å²) in [5.41, 5.74) is 3.51. The van der Waals surface area contributed by atoms with Gasteiger partial charge in [-0.1, -0.05) is 35.9 Å². The quantitative estimate of drug-likeness (QED) is 0.682. The van der Waals surface area contributed by atoms with Crippen LogP contribution in [0.1, 0.15) is 12.8 Å². The van der Waals surface area contributed by atoms with Gasteiger partial charge in [0.15, 0.2) is 0 Å². The predicted molar refractivity (Wildman–Crippen MR) is 108 cm³/mol. The molecule has 1 saturated heterocycles. The zero-order valence-electron chi connectivity index (χ0n) is 14.8. The molecular formula is C21H23ClN4. The second-order valence-corrected chi connectivity index (χ2v) is 7.79. The number of aromatic nitrogens is 2. The molecule has 1 aromatic heterocycles. The average Bonchev–Trinajstić information content (AvgIpc) is 3.43. The molecule has 0 N–H and O–H groups in total. The second-order valence-electron chi connectivity index (χ2n) is 7.38. The fourth-order valence-corrected chi connectivity index (χ4v) is 4.15. The third-order valence-corrected chi connectivity index (χ3v) is 5.85. The second kappa shape index (κ2) is 6.51. The molecule has 0 spiro atoms. The molecule has 0 atom stereocenters. The first-order valence-electron chi connectivity index (χ1n) is 9.49. The van der Waals surface area contributed by atoms with Gasteiger partial charge in [0, 0.05) is 32.7 Å². The van der Waals surface area contributed by atoms with E-state index in [2.05, 4.69) is 50.8 Å². The molecule has 1 aliphatic carbocycles. The number of halogens is 1. The van der Waals surface area contributed by atoms with Crippen molar-refractivity contribution in [2.24, 2.45) is 5.92 Å². The Kier molecular flexibility index (Phi) is 4.01. The van der Waals surface area contributed by atoms with Crippen molar-refractivity contribution in [3.05, 3.63) is 53.6 Å². The fraction of sp³-hybridized carbons (Fsp3) is 0.381. The lowest BCUT2D eigenvalue weighted by molar-refractivity contribution is 0.592. The summed E-state index contributed by atoms with van der Waals surface area (Å²) in [6.45, 7) is 4.98. The first-order chi connectivity index (χ1) is 12.8. The number of rotatable bonds is 4. The molecule has 134 valence electrons. The Morgan fingerprint density at radius 3 is 2.35 bits per heavy atom. The number of hydrogen-bond acceptors (Lipinski definition) is 3. The molecule has 2 aromatic carbocycles. The van der Waals surface area contributed by atoms with Gasteiger partial charge in [-0.05, 0) is 43.0 Å². The minimum Gasteiger partial charge on any atom is -0.367 e. The number of anilines is 2. The summed E-state index contributed by atoms with van der Waals surface area (Å²) in [5.74, 6) is 1.97. The Morgan fingerprint density at radius 2 is 1.58 bits per heavy atom. The van der Waals surface area contributed by atoms with E-state index < -0.39 is 0 Å². The summed E-state index contributed by atoms with van der Waals surface area (Å²) in [4.78, 5) is 9.80. The molecule has 0 bridgehead atoms. The van der Waals surface area contributed by atoms with Crippen LogP contribution in [-0.2, 0) is 6.54 Å². The molecule has 2 aliphatic rings. The molecule has 1 aliphatic heterocycles. The summed E-state index contributed by atoms with van der Waals surface area (Å²) in [6, 6.07) is 16.7. The third-order valence-electron chi connectivity index (χ3n) is 5.53. The first-order valence-corrected chi connectivity index (χ1v) is 9.87. The number of piperazine rings is 1. The average molecular weight is 367 g/mol. The Morgan fingerprint density at radius 1 is 0.885 bits per heavy atom. The molecule has 0 amide bonds. The molecule has 2 fully saturated rings. The topological polar surface area (TPSA) is 24.3 Å². The maximum absolute atomic E-state index is 6.38. The van der Waals surface area contributed by atoms with Crippen molar-refractivity contribution in [1.82, 2.24) is 9.55 Å². The Bertz CT molecular complexity index is 923. The predicted octanol–water partition coefficient (Wildman–Crippen LogP) is 4.43. The zero-order valence-corrected chi connectivity index (χ0v) is 15.6. The molecular weight excluding hydrogens is 344 g/mol. The minimum atomic E-state index is 0.829. The number of fused-ring (bicyclic) bond motifs is 1. The van der Waals surface area contributed by atoms with Crippen LogP contribution in [0, 0.1) is 5.92 Å². The van der Waals surface area contributed by atoms with Gasteiger partial charge in [-0.2, -0.15) is 0 Å². The van der Waals surface area contributed by atoms with E-state index in [9.17, 15) is 0 Å². The first kappa shape index (κ1) is 16.0. The molecule has 5 rings (SSSR count). The van der Waals surface area contributed by atoms with Gasteiger partial charge in [-0.3, -0.25) is 0 Å². The number of benzene rings is 2. The van der Waals surface area contributed by atoms with Crippen molar-refractivity contribution in [2.45, 2.75) is 19.4 Å². The van der Waals surface area contributed by atoms with E-state index in [0.29, 0.717) is 0 Å². The van der Waals surface area contributed by atoms with Crippen LogP contribution in [-0.4, -0.2) is 35.7 Å². The van der Waals surface area contributed by atoms with Gasteiger partial charge in [0.1, 0.15) is 0 Å². The van der Waals surface area contributed by atoms with E-state index in [-0.39, 0.29) is 0 Å². The third kappa shape index (κ3) is 2.92. The summed E-state index contributed by atoms with van der Waals surface area (Å²) in [5, 5.41) is 0.835. The van der Waals surface area contributed by atoms with E-state index >= 15 is 0 Å². The van der Waals surface area contributed by atoms with E-state index in [4.69, 9.17) is 16.6 Å². The van der Waals surface area contributed by atoms with Crippen LogP contribution in [0.2, 0.25) is 5.02 Å². The molecule has 5 heteroatoms. The molecule has 2 heterocycles. The van der Waals surface area contributed by atoms with Crippen LogP contribution < -0.4 is 9.80 Å². The molecule has 4 nitrogen and oxygen atoms in total. The molecule has 0 radical (unpaired) electrons. The van der Waals surface area contributed by atoms with Gasteiger partial charge in [0.05, 0.1) is 21.7 Å². The number of imidazole rings is 1. The lowest BCUT2D eigenvalue weighted by atomic mass is 10.2. The van der Waals surface area contributed by atoms with Gasteiger partial charge in [0.2, 0.25) is 5.95 Å². The lowest BCUT2D eigenvalue weighted by Crippen LogP contribution is -2.47. The standard InChI is InChI=1S/C21H23ClN4/c22-17-5-1-3-7-19(17)24-11-13-25(14-12-24)21-23-18-6-2-4-8-20(18)26(21)15-16-9-10-16/h1-8,16H,9-15H2. The number of hydrogen-bond donors (Lipinski definition) is 0. The highest BCUT2D eigenvalue weighted by Gasteiger charge is 2.27. The van der Waals surface area contributed by atoms with Crippen LogP contribution in [0.4, 0.5) is 11.6 Å². The smallest absolute Gasteiger partial charge is 0.206 e. The van der Waals surface area contributed by atoms with Crippen molar-refractivity contribution in [3.8, 4) is 0 Å².